The van der Waals surface area contributed by atoms with Crippen LogP contribution in [0.1, 0.15) is 24.0 Å². The van der Waals surface area contributed by atoms with Crippen molar-refractivity contribution in [3.8, 4) is 16.9 Å². The lowest BCUT2D eigenvalue weighted by Gasteiger charge is -2.11. The van der Waals surface area contributed by atoms with Gasteiger partial charge in [0, 0.05) is 35.2 Å². The van der Waals surface area contributed by atoms with E-state index in [0.29, 0.717) is 0 Å². The van der Waals surface area contributed by atoms with Crippen LogP contribution in [-0.4, -0.2) is 21.2 Å². The number of thiophene rings is 1. The van der Waals surface area contributed by atoms with Gasteiger partial charge in [0.05, 0.1) is 16.3 Å². The van der Waals surface area contributed by atoms with E-state index in [1.54, 1.807) is 23.5 Å². The first-order valence-electron chi connectivity index (χ1n) is 8.29. The van der Waals surface area contributed by atoms with Crippen LogP contribution in [0.3, 0.4) is 0 Å². The summed E-state index contributed by atoms with van der Waals surface area (Å²) in [5.41, 5.74) is 5.06. The van der Waals surface area contributed by atoms with Crippen molar-refractivity contribution in [2.75, 3.05) is 11.9 Å². The fourth-order valence-corrected chi connectivity index (χ4v) is 3.89. The Morgan fingerprint density at radius 1 is 1.32 bits per heavy atom. The highest BCUT2D eigenvalue weighted by molar-refractivity contribution is 7.08. The highest BCUT2D eigenvalue weighted by atomic mass is 32.1. The van der Waals surface area contributed by atoms with Gasteiger partial charge < -0.3 is 5.32 Å². The molecule has 6 nitrogen and oxygen atoms in total. The molecule has 3 heterocycles. The number of aryl methyl sites for hydroxylation is 1. The second-order valence-electron chi connectivity index (χ2n) is 6.21. The molecule has 0 aliphatic carbocycles. The van der Waals surface area contributed by atoms with Crippen LogP contribution in [0.25, 0.3) is 16.9 Å². The van der Waals surface area contributed by atoms with Crippen LogP contribution in [0.4, 0.5) is 11.5 Å². The Labute approximate surface area is 149 Å². The molecule has 1 aliphatic heterocycles. The first-order valence-corrected chi connectivity index (χ1v) is 9.23. The van der Waals surface area contributed by atoms with E-state index in [2.05, 4.69) is 16.8 Å². The molecular weight excluding hydrogens is 336 g/mol. The second-order valence-corrected chi connectivity index (χ2v) is 6.99. The summed E-state index contributed by atoms with van der Waals surface area (Å²) in [6.45, 7) is 2.84. The van der Waals surface area contributed by atoms with E-state index in [1.165, 1.54) is 11.6 Å². The topological polar surface area (TPSA) is 73.0 Å². The minimum atomic E-state index is -0.363. The highest BCUT2D eigenvalue weighted by Gasteiger charge is 2.23. The highest BCUT2D eigenvalue weighted by Crippen LogP contribution is 2.36. The van der Waals surface area contributed by atoms with Crippen molar-refractivity contribution in [2.24, 2.45) is 0 Å². The van der Waals surface area contributed by atoms with Gasteiger partial charge in [-0.05, 0) is 43.2 Å². The zero-order chi connectivity index (χ0) is 17.4. The quantitative estimate of drug-likeness (QED) is 0.552. The summed E-state index contributed by atoms with van der Waals surface area (Å²) >= 11 is 1.65. The van der Waals surface area contributed by atoms with Crippen LogP contribution >= 0.6 is 11.3 Å². The van der Waals surface area contributed by atoms with Crippen molar-refractivity contribution in [2.45, 2.75) is 26.2 Å². The molecule has 0 saturated heterocycles. The summed E-state index contributed by atoms with van der Waals surface area (Å²) in [5.74, 6) is 0.960. The molecule has 25 heavy (non-hydrogen) atoms. The van der Waals surface area contributed by atoms with E-state index >= 15 is 0 Å². The molecule has 1 aromatic carbocycles. The van der Waals surface area contributed by atoms with Crippen molar-refractivity contribution >= 4 is 22.8 Å². The smallest absolute Gasteiger partial charge is 0.271 e. The maximum atomic E-state index is 11.2. The molecule has 0 radical (unpaired) electrons. The Kier molecular flexibility index (Phi) is 4.01. The van der Waals surface area contributed by atoms with Crippen LogP contribution in [0.15, 0.2) is 35.0 Å². The minimum Gasteiger partial charge on any atom is -0.370 e. The molecule has 0 saturated carbocycles. The normalized spacial score (nSPS) is 13.8. The summed E-state index contributed by atoms with van der Waals surface area (Å²) in [5, 5.41) is 23.7. The monoisotopic (exact) mass is 354 g/mol. The molecular formula is C18H18N4O2S. The first kappa shape index (κ1) is 15.8. The van der Waals surface area contributed by atoms with Gasteiger partial charge in [0.15, 0.2) is 0 Å². The number of nitro groups is 1. The van der Waals surface area contributed by atoms with Crippen LogP contribution in [0.2, 0.25) is 0 Å². The van der Waals surface area contributed by atoms with Crippen molar-refractivity contribution in [1.29, 1.82) is 0 Å². The van der Waals surface area contributed by atoms with Crippen molar-refractivity contribution < 1.29 is 4.92 Å². The van der Waals surface area contributed by atoms with Gasteiger partial charge in [-0.15, -0.1) is 0 Å². The number of anilines is 1. The van der Waals surface area contributed by atoms with E-state index in [1.807, 2.05) is 17.0 Å². The van der Waals surface area contributed by atoms with Crippen LogP contribution in [0, 0.1) is 17.0 Å². The molecule has 0 unspecified atom stereocenters. The maximum Gasteiger partial charge on any atom is 0.271 e. The van der Waals surface area contributed by atoms with E-state index in [-0.39, 0.29) is 10.6 Å². The largest absolute Gasteiger partial charge is 0.370 e. The molecule has 0 bridgehead atoms. The SMILES string of the molecule is Cc1ccc([N+](=O)[O-])cc1-n1nc(-c2ccsc2)c2c1NCCCC2. The van der Waals surface area contributed by atoms with Gasteiger partial charge in [-0.3, -0.25) is 10.1 Å². The fourth-order valence-electron chi connectivity index (χ4n) is 3.25. The molecule has 128 valence electrons. The van der Waals surface area contributed by atoms with Gasteiger partial charge in [-0.1, -0.05) is 6.07 Å². The van der Waals surface area contributed by atoms with E-state index in [4.69, 9.17) is 5.10 Å². The number of aromatic nitrogens is 2. The van der Waals surface area contributed by atoms with Gasteiger partial charge in [0.25, 0.3) is 5.69 Å². The zero-order valence-electron chi connectivity index (χ0n) is 13.9. The van der Waals surface area contributed by atoms with Gasteiger partial charge in [-0.25, -0.2) is 4.68 Å². The van der Waals surface area contributed by atoms with E-state index in [0.717, 1.165) is 54.1 Å². The molecule has 0 fully saturated rings. The van der Waals surface area contributed by atoms with Gasteiger partial charge in [-0.2, -0.15) is 16.4 Å². The molecule has 3 aromatic rings. The third-order valence-corrected chi connectivity index (χ3v) is 5.24. The molecule has 1 aliphatic rings. The van der Waals surface area contributed by atoms with Crippen molar-refractivity contribution in [1.82, 2.24) is 9.78 Å². The summed E-state index contributed by atoms with van der Waals surface area (Å²) in [6.07, 6.45) is 3.17. The fraction of sp³-hybridized carbons (Fsp3) is 0.278. The third kappa shape index (κ3) is 2.80. The average Bonchev–Trinajstić information content (AvgIpc) is 3.17. The zero-order valence-corrected chi connectivity index (χ0v) is 14.7. The lowest BCUT2D eigenvalue weighted by molar-refractivity contribution is -0.384. The minimum absolute atomic E-state index is 0.0792. The predicted octanol–water partition coefficient (Wildman–Crippen LogP) is 4.57. The lowest BCUT2D eigenvalue weighted by atomic mass is 10.1. The van der Waals surface area contributed by atoms with Gasteiger partial charge >= 0.3 is 0 Å². The van der Waals surface area contributed by atoms with Crippen molar-refractivity contribution in [3.63, 3.8) is 0 Å². The summed E-state index contributed by atoms with van der Waals surface area (Å²) in [7, 11) is 0. The molecule has 7 heteroatoms. The number of nitrogens with one attached hydrogen (secondary N) is 1. The Morgan fingerprint density at radius 3 is 2.96 bits per heavy atom. The number of rotatable bonds is 3. The molecule has 0 amide bonds. The first-order chi connectivity index (χ1) is 12.1. The summed E-state index contributed by atoms with van der Waals surface area (Å²) in [4.78, 5) is 10.8. The van der Waals surface area contributed by atoms with Crippen LogP contribution in [0.5, 0.6) is 0 Å². The Hall–Kier alpha value is -2.67. The van der Waals surface area contributed by atoms with E-state index < -0.39 is 0 Å². The Bertz CT molecular complexity index is 931. The summed E-state index contributed by atoms with van der Waals surface area (Å²) in [6, 6.07) is 6.99. The number of hydrogen-bond donors (Lipinski definition) is 1. The van der Waals surface area contributed by atoms with Gasteiger partial charge in [0.1, 0.15) is 5.82 Å². The summed E-state index contributed by atoms with van der Waals surface area (Å²) < 4.78 is 1.84. The average molecular weight is 354 g/mol. The van der Waals surface area contributed by atoms with Crippen LogP contribution in [-0.2, 0) is 6.42 Å². The predicted molar refractivity (Wildman–Crippen MR) is 99.7 cm³/mol. The number of fused-ring (bicyclic) bond motifs is 1. The maximum absolute atomic E-state index is 11.2. The van der Waals surface area contributed by atoms with Gasteiger partial charge in [0.2, 0.25) is 0 Å². The molecule has 4 rings (SSSR count). The molecule has 0 atom stereocenters. The second kappa shape index (κ2) is 6.33. The van der Waals surface area contributed by atoms with E-state index in [9.17, 15) is 10.1 Å². The number of hydrogen-bond acceptors (Lipinski definition) is 5. The number of nitro benzene ring substituents is 1. The lowest BCUT2D eigenvalue weighted by Crippen LogP contribution is -2.08. The van der Waals surface area contributed by atoms with Crippen molar-refractivity contribution in [3.05, 3.63) is 56.3 Å². The molecule has 0 spiro atoms. The molecule has 1 N–H and O–H groups in total. The number of nitrogens with zero attached hydrogens (tertiary/aromatic N) is 3. The van der Waals surface area contributed by atoms with Crippen LogP contribution < -0.4 is 5.32 Å². The third-order valence-electron chi connectivity index (χ3n) is 4.56. The number of benzene rings is 1. The number of non-ortho nitro benzene ring substituents is 1. The Balaban J connectivity index is 1.94. The standard InChI is InChI=1S/C18H18N4O2S/c1-12-5-6-14(22(23)24)10-16(12)21-18-15(4-2-3-8-19-18)17(20-21)13-7-9-25-11-13/h5-7,9-11,19H,2-4,8H2,1H3. The Morgan fingerprint density at radius 2 is 2.20 bits per heavy atom. The molecule has 2 aromatic heterocycles.